The van der Waals surface area contributed by atoms with Crippen molar-refractivity contribution in [3.05, 3.63) is 47.2 Å². The van der Waals surface area contributed by atoms with Crippen LogP contribution in [-0.4, -0.2) is 28.8 Å². The van der Waals surface area contributed by atoms with Crippen LogP contribution in [0.1, 0.15) is 62.8 Å². The molecule has 4 nitrogen and oxygen atoms in total. The first-order chi connectivity index (χ1) is 13.0. The quantitative estimate of drug-likeness (QED) is 0.666. The number of pyridine rings is 1. The maximum atomic E-state index is 14.8. The van der Waals surface area contributed by atoms with Crippen LogP contribution in [0.5, 0.6) is 0 Å². The van der Waals surface area contributed by atoms with Gasteiger partial charge in [-0.1, -0.05) is 25.8 Å². The number of alkyl halides is 1. The van der Waals surface area contributed by atoms with Crippen LogP contribution in [0.4, 0.5) is 8.78 Å². The molecule has 3 rings (SSSR count). The van der Waals surface area contributed by atoms with E-state index in [0.29, 0.717) is 17.2 Å². The fraction of sp³-hybridized carbons (Fsp3) is 0.524. The Morgan fingerprint density at radius 1 is 1.33 bits per heavy atom. The molecule has 1 N–H and O–H groups in total. The van der Waals surface area contributed by atoms with Gasteiger partial charge in [0.25, 0.3) is 0 Å². The number of hydrogen-bond acceptors (Lipinski definition) is 3. The Morgan fingerprint density at radius 2 is 2.07 bits per heavy atom. The van der Waals surface area contributed by atoms with Crippen molar-refractivity contribution in [2.45, 2.75) is 57.5 Å². The van der Waals surface area contributed by atoms with Crippen molar-refractivity contribution < 1.29 is 23.4 Å². The Morgan fingerprint density at radius 3 is 2.78 bits per heavy atom. The fourth-order valence-corrected chi connectivity index (χ4v) is 3.78. The molecule has 27 heavy (non-hydrogen) atoms. The molecule has 2 unspecified atom stereocenters. The summed E-state index contributed by atoms with van der Waals surface area (Å²) >= 11 is 0. The Labute approximate surface area is 157 Å². The van der Waals surface area contributed by atoms with Crippen LogP contribution in [-0.2, 0) is 9.53 Å². The van der Waals surface area contributed by atoms with Crippen molar-refractivity contribution in [1.82, 2.24) is 4.98 Å². The average Bonchev–Trinajstić information content (AvgIpc) is 3.18. The van der Waals surface area contributed by atoms with Gasteiger partial charge in [0.1, 0.15) is 0 Å². The van der Waals surface area contributed by atoms with Gasteiger partial charge < -0.3 is 9.84 Å². The van der Waals surface area contributed by atoms with Crippen LogP contribution in [0.3, 0.4) is 0 Å². The normalized spacial score (nSPS) is 23.4. The minimum Gasteiger partial charge on any atom is -0.492 e. The molecule has 0 saturated heterocycles. The van der Waals surface area contributed by atoms with E-state index in [4.69, 9.17) is 9.84 Å². The summed E-state index contributed by atoms with van der Waals surface area (Å²) in [4.78, 5) is 15.2. The number of hydrogen-bond donors (Lipinski definition) is 1. The Bertz CT molecular complexity index is 754. The van der Waals surface area contributed by atoms with Gasteiger partial charge in [0, 0.05) is 24.0 Å². The molecule has 146 valence electrons. The van der Waals surface area contributed by atoms with E-state index in [0.717, 1.165) is 18.5 Å². The lowest BCUT2D eigenvalue weighted by Gasteiger charge is -2.26. The van der Waals surface area contributed by atoms with E-state index in [9.17, 15) is 13.6 Å². The third kappa shape index (κ3) is 4.54. The number of halogens is 2. The SMILES string of the molecule is CC1C(c2cccc(C3CCCC3)n2)=CC(F)=C(OCCCC(=O)O)C1F. The monoisotopic (exact) mass is 377 g/mol. The molecule has 2 aliphatic carbocycles. The zero-order chi connectivity index (χ0) is 19.4. The highest BCUT2D eigenvalue weighted by atomic mass is 19.1. The van der Waals surface area contributed by atoms with Gasteiger partial charge in [0.15, 0.2) is 17.8 Å². The molecule has 0 radical (unpaired) electrons. The molecule has 1 fully saturated rings. The molecule has 0 spiro atoms. The highest BCUT2D eigenvalue weighted by Crippen LogP contribution is 2.39. The maximum Gasteiger partial charge on any atom is 0.303 e. The second-order valence-electron chi connectivity index (χ2n) is 7.28. The molecule has 0 bridgehead atoms. The van der Waals surface area contributed by atoms with E-state index in [2.05, 4.69) is 4.98 Å². The van der Waals surface area contributed by atoms with Gasteiger partial charge in [-0.3, -0.25) is 9.78 Å². The van der Waals surface area contributed by atoms with Crippen molar-refractivity contribution in [1.29, 1.82) is 0 Å². The minimum atomic E-state index is -1.62. The molecule has 1 aromatic heterocycles. The van der Waals surface area contributed by atoms with E-state index >= 15 is 0 Å². The van der Waals surface area contributed by atoms with E-state index in [1.165, 1.54) is 18.9 Å². The highest BCUT2D eigenvalue weighted by molar-refractivity contribution is 5.70. The van der Waals surface area contributed by atoms with Crippen molar-refractivity contribution in [2.75, 3.05) is 6.61 Å². The lowest BCUT2D eigenvalue weighted by atomic mass is 9.87. The third-order valence-electron chi connectivity index (χ3n) is 5.33. The Kier molecular flexibility index (Phi) is 6.24. The van der Waals surface area contributed by atoms with Crippen LogP contribution in [0.2, 0.25) is 0 Å². The van der Waals surface area contributed by atoms with E-state index < -0.39 is 23.9 Å². The standard InChI is InChI=1S/C21H25F2NO3/c1-13-15(18-9-4-8-17(24-18)14-6-2-3-7-14)12-16(22)21(20(13)23)27-11-5-10-19(25)26/h4,8-9,12-14,20H,2-3,5-7,10-11H2,1H3,(H,25,26). The van der Waals surface area contributed by atoms with Crippen LogP contribution < -0.4 is 0 Å². The molecular weight excluding hydrogens is 352 g/mol. The predicted octanol–water partition coefficient (Wildman–Crippen LogP) is 5.17. The highest BCUT2D eigenvalue weighted by Gasteiger charge is 2.34. The van der Waals surface area contributed by atoms with Crippen LogP contribution >= 0.6 is 0 Å². The molecule has 0 aliphatic heterocycles. The molecule has 2 aliphatic rings. The summed E-state index contributed by atoms with van der Waals surface area (Å²) in [6, 6.07) is 5.68. The number of aliphatic carboxylic acids is 1. The molecule has 6 heteroatoms. The average molecular weight is 377 g/mol. The van der Waals surface area contributed by atoms with Gasteiger partial charge in [0.2, 0.25) is 0 Å². The van der Waals surface area contributed by atoms with Gasteiger partial charge in [0.05, 0.1) is 12.3 Å². The number of carboxylic acids is 1. The second kappa shape index (κ2) is 8.63. The number of carbonyl (C=O) groups is 1. The first-order valence-electron chi connectivity index (χ1n) is 9.54. The van der Waals surface area contributed by atoms with Gasteiger partial charge in [-0.25, -0.2) is 8.78 Å². The minimum absolute atomic E-state index is 0.0270. The lowest BCUT2D eigenvalue weighted by molar-refractivity contribution is -0.137. The number of allylic oxidation sites excluding steroid dienone is 4. The summed E-state index contributed by atoms with van der Waals surface area (Å²) in [6.07, 6.45) is 4.40. The van der Waals surface area contributed by atoms with E-state index in [1.807, 2.05) is 12.1 Å². The lowest BCUT2D eigenvalue weighted by Crippen LogP contribution is -2.24. The zero-order valence-corrected chi connectivity index (χ0v) is 15.5. The molecule has 1 aromatic rings. The fourth-order valence-electron chi connectivity index (χ4n) is 3.78. The zero-order valence-electron chi connectivity index (χ0n) is 15.5. The maximum absolute atomic E-state index is 14.8. The summed E-state index contributed by atoms with van der Waals surface area (Å²) in [7, 11) is 0. The number of carboxylic acid groups (broad SMARTS) is 1. The molecule has 2 atom stereocenters. The smallest absolute Gasteiger partial charge is 0.303 e. The van der Waals surface area contributed by atoms with Crippen LogP contribution in [0.15, 0.2) is 35.9 Å². The molecular formula is C21H25F2NO3. The number of nitrogens with zero attached hydrogens (tertiary/aromatic N) is 1. The first kappa shape index (κ1) is 19.5. The Hall–Kier alpha value is -2.24. The summed E-state index contributed by atoms with van der Waals surface area (Å²) in [5.74, 6) is -2.22. The van der Waals surface area contributed by atoms with Crippen molar-refractivity contribution in [2.24, 2.45) is 5.92 Å². The third-order valence-corrected chi connectivity index (χ3v) is 5.33. The largest absolute Gasteiger partial charge is 0.492 e. The van der Waals surface area contributed by atoms with Crippen molar-refractivity contribution >= 4 is 11.5 Å². The second-order valence-corrected chi connectivity index (χ2v) is 7.28. The van der Waals surface area contributed by atoms with Crippen molar-refractivity contribution in [3.63, 3.8) is 0 Å². The molecule has 1 heterocycles. The van der Waals surface area contributed by atoms with Gasteiger partial charge in [-0.05, 0) is 43.0 Å². The summed E-state index contributed by atoms with van der Waals surface area (Å²) in [5, 5.41) is 8.63. The van der Waals surface area contributed by atoms with Gasteiger partial charge in [-0.2, -0.15) is 0 Å². The molecule has 1 saturated carbocycles. The molecule has 0 aromatic carbocycles. The number of aromatic nitrogens is 1. The summed E-state index contributed by atoms with van der Waals surface area (Å²) in [5.41, 5.74) is 2.13. The molecule has 0 amide bonds. The number of rotatable bonds is 7. The van der Waals surface area contributed by atoms with E-state index in [-0.39, 0.29) is 25.2 Å². The van der Waals surface area contributed by atoms with Crippen molar-refractivity contribution in [3.8, 4) is 0 Å². The number of ether oxygens (including phenoxy) is 1. The Balaban J connectivity index is 1.78. The van der Waals surface area contributed by atoms with Crippen LogP contribution in [0.25, 0.3) is 5.57 Å². The van der Waals surface area contributed by atoms with Crippen LogP contribution in [0, 0.1) is 5.92 Å². The van der Waals surface area contributed by atoms with Gasteiger partial charge >= 0.3 is 5.97 Å². The van der Waals surface area contributed by atoms with E-state index in [1.54, 1.807) is 13.0 Å². The first-order valence-corrected chi connectivity index (χ1v) is 9.54. The topological polar surface area (TPSA) is 59.4 Å². The predicted molar refractivity (Wildman–Crippen MR) is 98.4 cm³/mol. The summed E-state index contributed by atoms with van der Waals surface area (Å²) < 4.78 is 34.5. The summed E-state index contributed by atoms with van der Waals surface area (Å²) in [6.45, 7) is 1.66. The van der Waals surface area contributed by atoms with Gasteiger partial charge in [-0.15, -0.1) is 0 Å².